The highest BCUT2D eigenvalue weighted by molar-refractivity contribution is 9.10. The molecular formula is C11H18BrN3. The Morgan fingerprint density at radius 2 is 2.33 bits per heavy atom. The minimum atomic E-state index is 0.410. The van der Waals surface area contributed by atoms with Gasteiger partial charge in [0.2, 0.25) is 0 Å². The van der Waals surface area contributed by atoms with E-state index in [1.165, 1.54) is 24.4 Å². The highest BCUT2D eigenvalue weighted by atomic mass is 79.9. The highest BCUT2D eigenvalue weighted by Crippen LogP contribution is 2.29. The summed E-state index contributed by atoms with van der Waals surface area (Å²) in [6.07, 6.45) is 4.76. The average Bonchev–Trinajstić information content (AvgIpc) is 2.60. The van der Waals surface area contributed by atoms with Gasteiger partial charge in [-0.3, -0.25) is 0 Å². The number of fused-ring (bicyclic) bond motifs is 1. The summed E-state index contributed by atoms with van der Waals surface area (Å²) in [5, 5.41) is 0. The van der Waals surface area contributed by atoms with Crippen LogP contribution in [-0.4, -0.2) is 16.1 Å². The number of halogens is 1. The molecule has 1 aromatic heterocycles. The summed E-state index contributed by atoms with van der Waals surface area (Å²) in [4.78, 5) is 4.63. The molecule has 0 aliphatic carbocycles. The fraction of sp³-hybridized carbons (Fsp3) is 0.727. The Hall–Kier alpha value is -0.350. The molecule has 1 aliphatic rings. The fourth-order valence-electron chi connectivity index (χ4n) is 2.29. The lowest BCUT2D eigenvalue weighted by atomic mass is 10.1. The van der Waals surface area contributed by atoms with Crippen molar-refractivity contribution in [1.29, 1.82) is 0 Å². The maximum Gasteiger partial charge on any atom is 0.127 e. The van der Waals surface area contributed by atoms with Crippen LogP contribution in [0.4, 0.5) is 0 Å². The van der Waals surface area contributed by atoms with E-state index < -0.39 is 0 Å². The zero-order valence-corrected chi connectivity index (χ0v) is 10.8. The molecule has 0 saturated heterocycles. The standard InChI is InChI=1S/C11H18BrN3/c1-2-8(7-13)11-14-10(12)9-5-3-4-6-15(9)11/h8H,2-7,13H2,1H3. The van der Waals surface area contributed by atoms with Crippen molar-refractivity contribution in [1.82, 2.24) is 9.55 Å². The van der Waals surface area contributed by atoms with Crippen LogP contribution in [0.5, 0.6) is 0 Å². The molecule has 0 bridgehead atoms. The molecule has 2 rings (SSSR count). The second kappa shape index (κ2) is 4.66. The third kappa shape index (κ3) is 1.97. The van der Waals surface area contributed by atoms with E-state index in [1.807, 2.05) is 0 Å². The normalized spacial score (nSPS) is 17.5. The van der Waals surface area contributed by atoms with Gasteiger partial charge in [-0.2, -0.15) is 0 Å². The van der Waals surface area contributed by atoms with E-state index in [1.54, 1.807) is 0 Å². The van der Waals surface area contributed by atoms with Crippen molar-refractivity contribution < 1.29 is 0 Å². The Bertz CT molecular complexity index is 342. The third-order valence-corrected chi connectivity index (χ3v) is 3.88. The van der Waals surface area contributed by atoms with E-state index >= 15 is 0 Å². The van der Waals surface area contributed by atoms with E-state index in [4.69, 9.17) is 5.73 Å². The number of hydrogen-bond donors (Lipinski definition) is 1. The summed E-state index contributed by atoms with van der Waals surface area (Å²) in [7, 11) is 0. The Kier molecular flexibility index (Phi) is 3.46. The molecule has 1 aliphatic heterocycles. The molecule has 0 saturated carbocycles. The molecular weight excluding hydrogens is 254 g/mol. The first kappa shape index (κ1) is 11.1. The Morgan fingerprint density at radius 3 is 3.00 bits per heavy atom. The molecule has 4 heteroatoms. The van der Waals surface area contributed by atoms with Crippen LogP contribution in [-0.2, 0) is 13.0 Å². The molecule has 1 aromatic rings. The zero-order chi connectivity index (χ0) is 10.8. The zero-order valence-electron chi connectivity index (χ0n) is 9.17. The van der Waals surface area contributed by atoms with Crippen molar-refractivity contribution in [2.75, 3.05) is 6.54 Å². The summed E-state index contributed by atoms with van der Waals surface area (Å²) in [5.74, 6) is 1.59. The van der Waals surface area contributed by atoms with Gasteiger partial charge in [0.15, 0.2) is 0 Å². The molecule has 0 spiro atoms. The molecule has 84 valence electrons. The van der Waals surface area contributed by atoms with E-state index in [9.17, 15) is 0 Å². The summed E-state index contributed by atoms with van der Waals surface area (Å²) in [5.41, 5.74) is 7.15. The number of nitrogens with zero attached hydrogens (tertiary/aromatic N) is 2. The van der Waals surface area contributed by atoms with Crippen LogP contribution >= 0.6 is 15.9 Å². The number of nitrogens with two attached hydrogens (primary N) is 1. The Balaban J connectivity index is 2.39. The second-order valence-electron chi connectivity index (χ2n) is 4.16. The lowest BCUT2D eigenvalue weighted by molar-refractivity contribution is 0.488. The van der Waals surface area contributed by atoms with Crippen molar-refractivity contribution in [3.63, 3.8) is 0 Å². The van der Waals surface area contributed by atoms with Crippen molar-refractivity contribution >= 4 is 15.9 Å². The van der Waals surface area contributed by atoms with Crippen molar-refractivity contribution in [2.45, 2.75) is 45.1 Å². The van der Waals surface area contributed by atoms with Crippen LogP contribution in [0.25, 0.3) is 0 Å². The molecule has 0 aromatic carbocycles. The van der Waals surface area contributed by atoms with Gasteiger partial charge in [0.05, 0.1) is 5.69 Å². The second-order valence-corrected chi connectivity index (χ2v) is 4.91. The van der Waals surface area contributed by atoms with Crippen LogP contribution in [0.1, 0.15) is 43.6 Å². The molecule has 3 nitrogen and oxygen atoms in total. The highest BCUT2D eigenvalue weighted by Gasteiger charge is 2.22. The Labute approximate surface area is 99.2 Å². The lowest BCUT2D eigenvalue weighted by Gasteiger charge is -2.20. The molecule has 0 amide bonds. The van der Waals surface area contributed by atoms with Gasteiger partial charge in [0, 0.05) is 19.0 Å². The quantitative estimate of drug-likeness (QED) is 0.918. The maximum atomic E-state index is 5.79. The van der Waals surface area contributed by atoms with Crippen LogP contribution in [0.15, 0.2) is 4.60 Å². The molecule has 2 heterocycles. The van der Waals surface area contributed by atoms with E-state index in [0.29, 0.717) is 12.5 Å². The van der Waals surface area contributed by atoms with Crippen LogP contribution in [0.3, 0.4) is 0 Å². The predicted octanol–water partition coefficient (Wildman–Crippen LogP) is 2.43. The summed E-state index contributed by atoms with van der Waals surface area (Å²) in [6, 6.07) is 0. The monoisotopic (exact) mass is 271 g/mol. The van der Waals surface area contributed by atoms with Gasteiger partial charge in [-0.05, 0) is 41.6 Å². The van der Waals surface area contributed by atoms with Crippen LogP contribution in [0, 0.1) is 0 Å². The number of rotatable bonds is 3. The summed E-state index contributed by atoms with van der Waals surface area (Å²) >= 11 is 3.56. The van der Waals surface area contributed by atoms with Crippen molar-refractivity contribution in [3.8, 4) is 0 Å². The third-order valence-electron chi connectivity index (χ3n) is 3.24. The minimum Gasteiger partial charge on any atom is -0.331 e. The average molecular weight is 272 g/mol. The fourth-order valence-corrected chi connectivity index (χ4v) is 2.89. The smallest absolute Gasteiger partial charge is 0.127 e. The van der Waals surface area contributed by atoms with Gasteiger partial charge >= 0.3 is 0 Å². The van der Waals surface area contributed by atoms with Gasteiger partial charge in [-0.25, -0.2) is 4.98 Å². The first-order valence-electron chi connectivity index (χ1n) is 5.72. The largest absolute Gasteiger partial charge is 0.331 e. The van der Waals surface area contributed by atoms with Crippen LogP contribution < -0.4 is 5.73 Å². The Morgan fingerprint density at radius 1 is 1.53 bits per heavy atom. The van der Waals surface area contributed by atoms with Gasteiger partial charge in [-0.15, -0.1) is 0 Å². The van der Waals surface area contributed by atoms with E-state index in [0.717, 1.165) is 24.0 Å². The van der Waals surface area contributed by atoms with Crippen LogP contribution in [0.2, 0.25) is 0 Å². The van der Waals surface area contributed by atoms with Gasteiger partial charge < -0.3 is 10.3 Å². The first-order chi connectivity index (χ1) is 7.27. The maximum absolute atomic E-state index is 5.79. The lowest BCUT2D eigenvalue weighted by Crippen LogP contribution is -2.19. The van der Waals surface area contributed by atoms with Gasteiger partial charge in [0.1, 0.15) is 10.4 Å². The molecule has 1 atom stereocenters. The van der Waals surface area contributed by atoms with Crippen molar-refractivity contribution in [2.24, 2.45) is 5.73 Å². The minimum absolute atomic E-state index is 0.410. The molecule has 0 fully saturated rings. The molecule has 1 unspecified atom stereocenters. The summed E-state index contributed by atoms with van der Waals surface area (Å²) in [6.45, 7) is 3.98. The SMILES string of the molecule is CCC(CN)c1nc(Br)c2n1CCCC2. The first-order valence-corrected chi connectivity index (χ1v) is 6.52. The van der Waals surface area contributed by atoms with Gasteiger partial charge in [0.25, 0.3) is 0 Å². The predicted molar refractivity (Wildman–Crippen MR) is 65.0 cm³/mol. The molecule has 2 N–H and O–H groups in total. The number of hydrogen-bond acceptors (Lipinski definition) is 2. The number of aromatic nitrogens is 2. The summed E-state index contributed by atoms with van der Waals surface area (Å²) < 4.78 is 3.40. The molecule has 0 radical (unpaired) electrons. The van der Waals surface area contributed by atoms with Gasteiger partial charge in [-0.1, -0.05) is 6.92 Å². The number of imidazole rings is 1. The van der Waals surface area contributed by atoms with E-state index in [2.05, 4.69) is 32.4 Å². The van der Waals surface area contributed by atoms with E-state index in [-0.39, 0.29) is 0 Å². The topological polar surface area (TPSA) is 43.8 Å². The van der Waals surface area contributed by atoms with Crippen molar-refractivity contribution in [3.05, 3.63) is 16.1 Å². The molecule has 15 heavy (non-hydrogen) atoms.